The van der Waals surface area contributed by atoms with Gasteiger partial charge in [-0.1, -0.05) is 25.1 Å². The SMILES string of the molecule is CCc1ccc(NC(=S)NCc2ccc(OC(F)F)c(OC)c2)cc1. The molecule has 0 aliphatic carbocycles. The zero-order valence-electron chi connectivity index (χ0n) is 14.0. The Labute approximate surface area is 151 Å². The average Bonchev–Trinajstić information content (AvgIpc) is 2.61. The van der Waals surface area contributed by atoms with Gasteiger partial charge >= 0.3 is 6.61 Å². The highest BCUT2D eigenvalue weighted by atomic mass is 32.1. The van der Waals surface area contributed by atoms with Gasteiger partial charge in [-0.3, -0.25) is 0 Å². The van der Waals surface area contributed by atoms with Crippen molar-refractivity contribution >= 4 is 23.0 Å². The standard InChI is InChI=1S/C18H20F2N2O2S/c1-3-12-4-7-14(8-5-12)22-18(25)21-11-13-6-9-15(24-17(19)20)16(10-13)23-2/h4-10,17H,3,11H2,1-2H3,(H2,21,22,25). The van der Waals surface area contributed by atoms with Gasteiger partial charge in [0, 0.05) is 12.2 Å². The van der Waals surface area contributed by atoms with Crippen LogP contribution in [0.1, 0.15) is 18.1 Å². The Morgan fingerprint density at radius 1 is 1.08 bits per heavy atom. The third-order valence-corrected chi connectivity index (χ3v) is 3.76. The van der Waals surface area contributed by atoms with Crippen molar-refractivity contribution < 1.29 is 18.3 Å². The molecule has 134 valence electrons. The first kappa shape index (κ1) is 18.9. The smallest absolute Gasteiger partial charge is 0.387 e. The fraction of sp³-hybridized carbons (Fsp3) is 0.278. The lowest BCUT2D eigenvalue weighted by atomic mass is 10.1. The summed E-state index contributed by atoms with van der Waals surface area (Å²) in [5.74, 6) is 0.242. The van der Waals surface area contributed by atoms with Gasteiger partial charge in [0.05, 0.1) is 7.11 Å². The predicted molar refractivity (Wildman–Crippen MR) is 98.5 cm³/mol. The first-order chi connectivity index (χ1) is 12.0. The molecule has 0 unspecified atom stereocenters. The monoisotopic (exact) mass is 366 g/mol. The van der Waals surface area contributed by atoms with Crippen LogP contribution in [0.4, 0.5) is 14.5 Å². The molecule has 2 aromatic rings. The van der Waals surface area contributed by atoms with Crippen LogP contribution in [0, 0.1) is 0 Å². The minimum absolute atomic E-state index is 0.00188. The molecule has 0 radical (unpaired) electrons. The number of hydrogen-bond acceptors (Lipinski definition) is 3. The van der Waals surface area contributed by atoms with E-state index in [1.807, 2.05) is 24.3 Å². The number of benzene rings is 2. The molecular formula is C18H20F2N2O2S. The quantitative estimate of drug-likeness (QED) is 0.714. The molecule has 2 aromatic carbocycles. The number of anilines is 1. The number of thiocarbonyl (C=S) groups is 1. The van der Waals surface area contributed by atoms with Crippen LogP contribution < -0.4 is 20.1 Å². The van der Waals surface area contributed by atoms with Crippen molar-refractivity contribution in [1.82, 2.24) is 5.32 Å². The van der Waals surface area contributed by atoms with E-state index in [4.69, 9.17) is 17.0 Å². The Kier molecular flexibility index (Phi) is 6.94. The maximum absolute atomic E-state index is 12.3. The van der Waals surface area contributed by atoms with Gasteiger partial charge in [0.2, 0.25) is 0 Å². The van der Waals surface area contributed by atoms with E-state index in [9.17, 15) is 8.78 Å². The zero-order chi connectivity index (χ0) is 18.2. The first-order valence-corrected chi connectivity index (χ1v) is 8.18. The normalized spacial score (nSPS) is 10.4. The Morgan fingerprint density at radius 3 is 2.36 bits per heavy atom. The molecule has 0 fully saturated rings. The zero-order valence-corrected chi connectivity index (χ0v) is 14.8. The van der Waals surface area contributed by atoms with Crippen molar-refractivity contribution in [2.24, 2.45) is 0 Å². The Morgan fingerprint density at radius 2 is 1.76 bits per heavy atom. The summed E-state index contributed by atoms with van der Waals surface area (Å²) in [6, 6.07) is 12.8. The van der Waals surface area contributed by atoms with Gasteiger partial charge in [-0.05, 0) is 54.0 Å². The van der Waals surface area contributed by atoms with Crippen molar-refractivity contribution in [3.63, 3.8) is 0 Å². The van der Waals surface area contributed by atoms with Crippen LogP contribution >= 0.6 is 12.2 Å². The van der Waals surface area contributed by atoms with E-state index in [0.29, 0.717) is 11.7 Å². The molecule has 7 heteroatoms. The van der Waals surface area contributed by atoms with Crippen LogP contribution in [0.3, 0.4) is 0 Å². The molecule has 0 aromatic heterocycles. The number of alkyl halides is 2. The average molecular weight is 366 g/mol. The van der Waals surface area contributed by atoms with E-state index >= 15 is 0 Å². The minimum atomic E-state index is -2.89. The molecule has 0 atom stereocenters. The largest absolute Gasteiger partial charge is 0.493 e. The fourth-order valence-corrected chi connectivity index (χ4v) is 2.39. The lowest BCUT2D eigenvalue weighted by Crippen LogP contribution is -2.27. The lowest BCUT2D eigenvalue weighted by molar-refractivity contribution is -0.0512. The van der Waals surface area contributed by atoms with Crippen LogP contribution in [-0.4, -0.2) is 18.8 Å². The number of halogens is 2. The number of ether oxygens (including phenoxy) is 2. The highest BCUT2D eigenvalue weighted by Crippen LogP contribution is 2.29. The van der Waals surface area contributed by atoms with Crippen LogP contribution in [0.15, 0.2) is 42.5 Å². The molecule has 4 nitrogen and oxygen atoms in total. The fourth-order valence-electron chi connectivity index (χ4n) is 2.20. The maximum atomic E-state index is 12.3. The van der Waals surface area contributed by atoms with Gasteiger partial charge < -0.3 is 20.1 Å². The Bertz CT molecular complexity index is 709. The summed E-state index contributed by atoms with van der Waals surface area (Å²) in [7, 11) is 1.40. The third kappa shape index (κ3) is 5.86. The molecule has 0 aliphatic heterocycles. The van der Waals surface area contributed by atoms with Gasteiger partial charge in [-0.2, -0.15) is 8.78 Å². The lowest BCUT2D eigenvalue weighted by Gasteiger charge is -2.13. The van der Waals surface area contributed by atoms with E-state index < -0.39 is 6.61 Å². The summed E-state index contributed by atoms with van der Waals surface area (Å²) in [6.07, 6.45) is 0.982. The van der Waals surface area contributed by atoms with E-state index in [2.05, 4.69) is 22.3 Å². The first-order valence-electron chi connectivity index (χ1n) is 7.77. The van der Waals surface area contributed by atoms with E-state index in [-0.39, 0.29) is 11.5 Å². The van der Waals surface area contributed by atoms with Crippen LogP contribution in [0.5, 0.6) is 11.5 Å². The van der Waals surface area contributed by atoms with Gasteiger partial charge in [0.1, 0.15) is 0 Å². The maximum Gasteiger partial charge on any atom is 0.387 e. The molecule has 2 rings (SSSR count). The van der Waals surface area contributed by atoms with Crippen molar-refractivity contribution in [2.75, 3.05) is 12.4 Å². The minimum Gasteiger partial charge on any atom is -0.493 e. The predicted octanol–water partition coefficient (Wildman–Crippen LogP) is 4.35. The number of nitrogens with one attached hydrogen (secondary N) is 2. The molecule has 0 saturated heterocycles. The van der Waals surface area contributed by atoms with Crippen LogP contribution in [-0.2, 0) is 13.0 Å². The summed E-state index contributed by atoms with van der Waals surface area (Å²) < 4.78 is 34.1. The van der Waals surface area contributed by atoms with Gasteiger partial charge in [0.25, 0.3) is 0 Å². The molecule has 0 heterocycles. The molecule has 0 aliphatic rings. The summed E-state index contributed by atoms with van der Waals surface area (Å²) in [5, 5.41) is 6.63. The molecular weight excluding hydrogens is 346 g/mol. The number of aryl methyl sites for hydroxylation is 1. The molecule has 2 N–H and O–H groups in total. The molecule has 0 spiro atoms. The van der Waals surface area contributed by atoms with E-state index in [1.54, 1.807) is 12.1 Å². The highest BCUT2D eigenvalue weighted by Gasteiger charge is 2.11. The summed E-state index contributed by atoms with van der Waals surface area (Å²) in [5.41, 5.74) is 2.97. The second-order valence-electron chi connectivity index (χ2n) is 5.22. The van der Waals surface area contributed by atoms with Crippen molar-refractivity contribution in [3.05, 3.63) is 53.6 Å². The van der Waals surface area contributed by atoms with Crippen LogP contribution in [0.25, 0.3) is 0 Å². The van der Waals surface area contributed by atoms with Gasteiger partial charge in [0.15, 0.2) is 16.6 Å². The van der Waals surface area contributed by atoms with Crippen molar-refractivity contribution in [2.45, 2.75) is 26.5 Å². The van der Waals surface area contributed by atoms with Crippen molar-refractivity contribution in [1.29, 1.82) is 0 Å². The third-order valence-electron chi connectivity index (χ3n) is 3.52. The van der Waals surface area contributed by atoms with Gasteiger partial charge in [-0.25, -0.2) is 0 Å². The number of methoxy groups -OCH3 is 1. The summed E-state index contributed by atoms with van der Waals surface area (Å²) in [4.78, 5) is 0. The van der Waals surface area contributed by atoms with E-state index in [0.717, 1.165) is 17.7 Å². The topological polar surface area (TPSA) is 42.5 Å². The van der Waals surface area contributed by atoms with Crippen LogP contribution in [0.2, 0.25) is 0 Å². The van der Waals surface area contributed by atoms with Gasteiger partial charge in [-0.15, -0.1) is 0 Å². The molecule has 0 amide bonds. The van der Waals surface area contributed by atoms with Crippen molar-refractivity contribution in [3.8, 4) is 11.5 Å². The number of rotatable bonds is 7. The Hall–Kier alpha value is -2.41. The summed E-state index contributed by atoms with van der Waals surface area (Å²) >= 11 is 5.26. The second-order valence-corrected chi connectivity index (χ2v) is 5.63. The molecule has 0 bridgehead atoms. The van der Waals surface area contributed by atoms with E-state index in [1.165, 1.54) is 18.7 Å². The molecule has 25 heavy (non-hydrogen) atoms. The number of hydrogen-bond donors (Lipinski definition) is 2. The Balaban J connectivity index is 1.92. The molecule has 0 saturated carbocycles. The second kappa shape index (κ2) is 9.17. The summed E-state index contributed by atoms with van der Waals surface area (Å²) in [6.45, 7) is -0.376. The highest BCUT2D eigenvalue weighted by molar-refractivity contribution is 7.80.